The molecule has 4 heteroatoms. The van der Waals surface area contributed by atoms with E-state index in [1.165, 1.54) is 11.9 Å². The van der Waals surface area contributed by atoms with Crippen LogP contribution in [0.1, 0.15) is 13.8 Å². The fraction of sp³-hybridized carbons (Fsp3) is 0.364. The predicted molar refractivity (Wildman–Crippen MR) is 61.7 cm³/mol. The first-order valence-corrected chi connectivity index (χ1v) is 5.63. The van der Waals surface area contributed by atoms with Crippen molar-refractivity contribution in [1.29, 1.82) is 0 Å². The lowest BCUT2D eigenvalue weighted by Crippen LogP contribution is -2.36. The molecule has 1 atom stereocenters. The number of nitrogens with one attached hydrogen (secondary N) is 1. The Kier molecular flexibility index (Phi) is 4.65. The summed E-state index contributed by atoms with van der Waals surface area (Å²) < 4.78 is 2.95. The van der Waals surface area contributed by atoms with Crippen molar-refractivity contribution in [3.05, 3.63) is 30.3 Å². The van der Waals surface area contributed by atoms with Gasteiger partial charge in [-0.05, 0) is 30.0 Å². The van der Waals surface area contributed by atoms with Gasteiger partial charge in [-0.15, -0.1) is 0 Å². The van der Waals surface area contributed by atoms with Crippen LogP contribution in [-0.2, 0) is 4.79 Å². The second-order valence-corrected chi connectivity index (χ2v) is 4.50. The Hall–Kier alpha value is -1.00. The van der Waals surface area contributed by atoms with Crippen LogP contribution in [0.2, 0.25) is 0 Å². The van der Waals surface area contributed by atoms with Crippen LogP contribution < -0.4 is 4.72 Å². The van der Waals surface area contributed by atoms with E-state index in [0.717, 1.165) is 4.90 Å². The second-order valence-electron chi connectivity index (χ2n) is 3.59. The summed E-state index contributed by atoms with van der Waals surface area (Å²) in [7, 11) is 0. The maximum atomic E-state index is 10.9. The molecule has 3 nitrogen and oxygen atoms in total. The van der Waals surface area contributed by atoms with Gasteiger partial charge in [0.2, 0.25) is 0 Å². The Morgan fingerprint density at radius 2 is 1.93 bits per heavy atom. The molecule has 0 fully saturated rings. The largest absolute Gasteiger partial charge is 0.480 e. The summed E-state index contributed by atoms with van der Waals surface area (Å²) in [5.74, 6) is -0.743. The molecule has 0 unspecified atom stereocenters. The number of carboxylic acid groups (broad SMARTS) is 1. The molecule has 0 spiro atoms. The fourth-order valence-electron chi connectivity index (χ4n) is 1.09. The second kappa shape index (κ2) is 5.78. The molecule has 2 N–H and O–H groups in total. The van der Waals surface area contributed by atoms with Crippen LogP contribution in [0.3, 0.4) is 0 Å². The number of aliphatic carboxylic acids is 1. The third-order valence-electron chi connectivity index (χ3n) is 1.98. The maximum Gasteiger partial charge on any atom is 0.321 e. The van der Waals surface area contributed by atoms with E-state index in [1.807, 2.05) is 44.2 Å². The lowest BCUT2D eigenvalue weighted by molar-refractivity contribution is -0.139. The predicted octanol–water partition coefficient (Wildman–Crippen LogP) is 2.39. The summed E-state index contributed by atoms with van der Waals surface area (Å²) in [5.41, 5.74) is 0. The number of carbonyl (C=O) groups is 1. The highest BCUT2D eigenvalue weighted by Crippen LogP contribution is 2.16. The van der Waals surface area contributed by atoms with Gasteiger partial charge in [-0.2, -0.15) is 0 Å². The summed E-state index contributed by atoms with van der Waals surface area (Å²) in [4.78, 5) is 11.9. The van der Waals surface area contributed by atoms with E-state index in [1.54, 1.807) is 0 Å². The van der Waals surface area contributed by atoms with E-state index < -0.39 is 12.0 Å². The monoisotopic (exact) mass is 225 g/mol. The minimum atomic E-state index is -0.812. The lowest BCUT2D eigenvalue weighted by atomic mass is 10.1. The highest BCUT2D eigenvalue weighted by molar-refractivity contribution is 7.97. The zero-order valence-electron chi connectivity index (χ0n) is 8.81. The molecule has 0 saturated heterocycles. The number of benzene rings is 1. The van der Waals surface area contributed by atoms with Crippen LogP contribution >= 0.6 is 11.9 Å². The summed E-state index contributed by atoms with van der Waals surface area (Å²) in [5, 5.41) is 8.95. The third-order valence-corrected chi connectivity index (χ3v) is 2.86. The summed E-state index contributed by atoms with van der Waals surface area (Å²) in [6, 6.07) is 9.15. The Bertz CT molecular complexity index is 314. The SMILES string of the molecule is CC(C)[C@H](NSc1ccccc1)C(=O)O. The van der Waals surface area contributed by atoms with Crippen molar-refractivity contribution in [2.24, 2.45) is 5.92 Å². The average Bonchev–Trinajstić information content (AvgIpc) is 2.18. The quantitative estimate of drug-likeness (QED) is 0.755. The first-order valence-electron chi connectivity index (χ1n) is 4.81. The molecule has 1 aromatic carbocycles. The van der Waals surface area contributed by atoms with Crippen LogP contribution in [0.5, 0.6) is 0 Å². The van der Waals surface area contributed by atoms with Crippen molar-refractivity contribution >= 4 is 17.9 Å². The highest BCUT2D eigenvalue weighted by Gasteiger charge is 2.20. The summed E-state index contributed by atoms with van der Waals surface area (Å²) in [6.45, 7) is 3.77. The fourth-order valence-corrected chi connectivity index (χ4v) is 2.02. The zero-order valence-corrected chi connectivity index (χ0v) is 9.62. The molecular weight excluding hydrogens is 210 g/mol. The number of carboxylic acids is 1. The molecule has 1 rings (SSSR count). The van der Waals surface area contributed by atoms with Gasteiger partial charge in [0.05, 0.1) is 0 Å². The Balaban J connectivity index is 2.51. The highest BCUT2D eigenvalue weighted by atomic mass is 32.2. The standard InChI is InChI=1S/C11H15NO2S/c1-8(2)10(11(13)14)12-15-9-6-4-3-5-7-9/h3-8,10,12H,1-2H3,(H,13,14)/t10-/m0/s1. The van der Waals surface area contributed by atoms with Crippen LogP contribution in [0.4, 0.5) is 0 Å². The van der Waals surface area contributed by atoms with Crippen molar-refractivity contribution in [3.8, 4) is 0 Å². The number of hydrogen-bond acceptors (Lipinski definition) is 3. The maximum absolute atomic E-state index is 10.9. The first-order chi connectivity index (χ1) is 7.11. The molecule has 0 heterocycles. The normalized spacial score (nSPS) is 12.7. The van der Waals surface area contributed by atoms with Crippen LogP contribution in [-0.4, -0.2) is 17.1 Å². The molecule has 15 heavy (non-hydrogen) atoms. The molecule has 0 aliphatic carbocycles. The van der Waals surface area contributed by atoms with Gasteiger partial charge in [0.25, 0.3) is 0 Å². The van der Waals surface area contributed by atoms with Gasteiger partial charge in [0.15, 0.2) is 0 Å². The molecule has 0 amide bonds. The average molecular weight is 225 g/mol. The van der Waals surface area contributed by atoms with Gasteiger partial charge >= 0.3 is 5.97 Å². The number of rotatable bonds is 5. The molecule has 0 aliphatic heterocycles. The van der Waals surface area contributed by atoms with Gasteiger partial charge < -0.3 is 5.11 Å². The van der Waals surface area contributed by atoms with Crippen molar-refractivity contribution in [2.75, 3.05) is 0 Å². The smallest absolute Gasteiger partial charge is 0.321 e. The molecule has 0 radical (unpaired) electrons. The van der Waals surface area contributed by atoms with Crippen molar-refractivity contribution in [2.45, 2.75) is 24.8 Å². The Morgan fingerprint density at radius 3 is 2.40 bits per heavy atom. The van der Waals surface area contributed by atoms with E-state index in [2.05, 4.69) is 4.72 Å². The van der Waals surface area contributed by atoms with E-state index in [9.17, 15) is 4.79 Å². The van der Waals surface area contributed by atoms with Crippen LogP contribution in [0, 0.1) is 5.92 Å². The first kappa shape index (κ1) is 12.1. The minimum Gasteiger partial charge on any atom is -0.480 e. The van der Waals surface area contributed by atoms with Gasteiger partial charge in [0, 0.05) is 4.90 Å². The summed E-state index contributed by atoms with van der Waals surface area (Å²) in [6.07, 6.45) is 0. The molecule has 82 valence electrons. The molecule has 0 aromatic heterocycles. The zero-order chi connectivity index (χ0) is 11.3. The van der Waals surface area contributed by atoms with E-state index in [0.29, 0.717) is 0 Å². The van der Waals surface area contributed by atoms with Crippen LogP contribution in [0.25, 0.3) is 0 Å². The molecule has 0 aliphatic rings. The van der Waals surface area contributed by atoms with Crippen molar-refractivity contribution < 1.29 is 9.90 Å². The Morgan fingerprint density at radius 1 is 1.33 bits per heavy atom. The molecule has 0 saturated carbocycles. The van der Waals surface area contributed by atoms with Crippen molar-refractivity contribution in [3.63, 3.8) is 0 Å². The van der Waals surface area contributed by atoms with Crippen molar-refractivity contribution in [1.82, 2.24) is 4.72 Å². The molecule has 0 bridgehead atoms. The van der Waals surface area contributed by atoms with Gasteiger partial charge in [-0.1, -0.05) is 32.0 Å². The lowest BCUT2D eigenvalue weighted by Gasteiger charge is -2.16. The molecule has 1 aromatic rings. The topological polar surface area (TPSA) is 49.3 Å². The summed E-state index contributed by atoms with van der Waals surface area (Å²) >= 11 is 1.35. The van der Waals surface area contributed by atoms with Crippen LogP contribution in [0.15, 0.2) is 35.2 Å². The van der Waals surface area contributed by atoms with Gasteiger partial charge in [0.1, 0.15) is 6.04 Å². The molecular formula is C11H15NO2S. The van der Waals surface area contributed by atoms with E-state index in [-0.39, 0.29) is 5.92 Å². The van der Waals surface area contributed by atoms with E-state index >= 15 is 0 Å². The number of hydrogen-bond donors (Lipinski definition) is 2. The van der Waals surface area contributed by atoms with E-state index in [4.69, 9.17) is 5.11 Å². The third kappa shape index (κ3) is 3.93. The Labute approximate surface area is 94.0 Å². The van der Waals surface area contributed by atoms with Gasteiger partial charge in [-0.25, -0.2) is 4.72 Å². The minimum absolute atomic E-state index is 0.0683. The van der Waals surface area contributed by atoms with Gasteiger partial charge in [-0.3, -0.25) is 4.79 Å².